The highest BCUT2D eigenvalue weighted by Crippen LogP contribution is 2.24. The van der Waals surface area contributed by atoms with Gasteiger partial charge in [0.1, 0.15) is 11.5 Å². The maximum Gasteiger partial charge on any atom is 0.363 e. The van der Waals surface area contributed by atoms with Crippen LogP contribution in [0.3, 0.4) is 0 Å². The Labute approximate surface area is 115 Å². The van der Waals surface area contributed by atoms with Crippen molar-refractivity contribution in [2.45, 2.75) is 0 Å². The molecule has 1 aliphatic heterocycles. The van der Waals surface area contributed by atoms with Crippen LogP contribution in [-0.2, 0) is 9.53 Å². The van der Waals surface area contributed by atoms with Crippen molar-refractivity contribution in [1.29, 1.82) is 0 Å². The Hall–Kier alpha value is -2.82. The van der Waals surface area contributed by atoms with Gasteiger partial charge in [-0.3, -0.25) is 0 Å². The Morgan fingerprint density at radius 3 is 2.80 bits per heavy atom. The summed E-state index contributed by atoms with van der Waals surface area (Å²) in [6.07, 6.45) is 3.06. The van der Waals surface area contributed by atoms with Crippen LogP contribution in [0.1, 0.15) is 11.3 Å². The van der Waals surface area contributed by atoms with Crippen LogP contribution in [0.25, 0.3) is 6.08 Å². The normalized spacial score (nSPS) is 16.1. The molecule has 0 atom stereocenters. The van der Waals surface area contributed by atoms with Crippen molar-refractivity contribution in [3.05, 3.63) is 59.7 Å². The molecule has 5 nitrogen and oxygen atoms in total. The van der Waals surface area contributed by atoms with Crippen molar-refractivity contribution < 1.29 is 18.7 Å². The summed E-state index contributed by atoms with van der Waals surface area (Å²) in [6, 6.07) is 10.7. The number of esters is 1. The number of carbonyl (C=O) groups excluding carboxylic acids is 1. The number of ether oxygens (including phenoxy) is 2. The highest BCUT2D eigenvalue weighted by Gasteiger charge is 2.26. The number of furan rings is 1. The second kappa shape index (κ2) is 5.05. The van der Waals surface area contributed by atoms with Gasteiger partial charge in [0.05, 0.1) is 18.9 Å². The molecule has 1 aromatic carbocycles. The molecule has 1 aromatic heterocycles. The van der Waals surface area contributed by atoms with Crippen molar-refractivity contribution in [1.82, 2.24) is 0 Å². The molecule has 2 heterocycles. The van der Waals surface area contributed by atoms with Gasteiger partial charge in [-0.25, -0.2) is 9.79 Å². The first-order valence-corrected chi connectivity index (χ1v) is 5.97. The molecule has 1 aliphatic rings. The van der Waals surface area contributed by atoms with Gasteiger partial charge < -0.3 is 13.9 Å². The lowest BCUT2D eigenvalue weighted by Crippen LogP contribution is -2.06. The Morgan fingerprint density at radius 1 is 1.20 bits per heavy atom. The zero-order valence-corrected chi connectivity index (χ0v) is 10.7. The fraction of sp³-hybridized carbons (Fsp3) is 0.0667. The molecular formula is C15H11NO4. The Morgan fingerprint density at radius 2 is 2.05 bits per heavy atom. The van der Waals surface area contributed by atoms with Crippen LogP contribution in [0, 0.1) is 0 Å². The molecule has 3 rings (SSSR count). The fourth-order valence-corrected chi connectivity index (χ4v) is 1.85. The Bertz CT molecular complexity index is 698. The smallest absolute Gasteiger partial charge is 0.363 e. The van der Waals surface area contributed by atoms with E-state index in [1.165, 1.54) is 12.3 Å². The lowest BCUT2D eigenvalue weighted by atomic mass is 10.2. The Balaban J connectivity index is 1.98. The molecule has 5 heteroatoms. The quantitative estimate of drug-likeness (QED) is 0.634. The van der Waals surface area contributed by atoms with Gasteiger partial charge >= 0.3 is 5.97 Å². The molecule has 0 N–H and O–H groups in total. The predicted molar refractivity (Wildman–Crippen MR) is 72.3 cm³/mol. The van der Waals surface area contributed by atoms with Crippen LogP contribution >= 0.6 is 0 Å². The average Bonchev–Trinajstić information content (AvgIpc) is 3.10. The average molecular weight is 269 g/mol. The number of methoxy groups -OCH3 is 1. The van der Waals surface area contributed by atoms with E-state index in [2.05, 4.69) is 4.99 Å². The summed E-state index contributed by atoms with van der Waals surface area (Å²) in [5, 5.41) is 0. The highest BCUT2D eigenvalue weighted by atomic mass is 16.6. The van der Waals surface area contributed by atoms with E-state index in [-0.39, 0.29) is 11.6 Å². The number of hydrogen-bond acceptors (Lipinski definition) is 5. The van der Waals surface area contributed by atoms with Gasteiger partial charge in [0.25, 0.3) is 0 Å². The second-order valence-electron chi connectivity index (χ2n) is 4.05. The van der Waals surface area contributed by atoms with Gasteiger partial charge in [-0.05, 0) is 24.3 Å². The molecule has 0 saturated carbocycles. The summed E-state index contributed by atoms with van der Waals surface area (Å²) in [5.74, 6) is 0.854. The lowest BCUT2D eigenvalue weighted by Gasteiger charge is -2.05. The third-order valence-corrected chi connectivity index (χ3v) is 2.78. The summed E-state index contributed by atoms with van der Waals surface area (Å²) >= 11 is 0. The van der Waals surface area contributed by atoms with E-state index >= 15 is 0 Å². The van der Waals surface area contributed by atoms with Crippen LogP contribution in [0.2, 0.25) is 0 Å². The number of aliphatic imine (C=N–C) groups is 1. The van der Waals surface area contributed by atoms with Crippen LogP contribution in [0.15, 0.2) is 57.8 Å². The van der Waals surface area contributed by atoms with Gasteiger partial charge in [-0.1, -0.05) is 12.1 Å². The van der Waals surface area contributed by atoms with E-state index in [0.717, 1.165) is 0 Å². The molecule has 0 unspecified atom stereocenters. The van der Waals surface area contributed by atoms with E-state index in [1.54, 1.807) is 31.4 Å². The molecule has 0 aliphatic carbocycles. The van der Waals surface area contributed by atoms with E-state index in [4.69, 9.17) is 13.9 Å². The fourth-order valence-electron chi connectivity index (χ4n) is 1.85. The minimum absolute atomic E-state index is 0.195. The van der Waals surface area contributed by atoms with E-state index < -0.39 is 5.97 Å². The van der Waals surface area contributed by atoms with E-state index in [1.807, 2.05) is 12.1 Å². The summed E-state index contributed by atoms with van der Waals surface area (Å²) < 4.78 is 15.5. The van der Waals surface area contributed by atoms with Crippen molar-refractivity contribution in [3.63, 3.8) is 0 Å². The second-order valence-corrected chi connectivity index (χ2v) is 4.05. The maximum absolute atomic E-state index is 11.8. The minimum Gasteiger partial charge on any atom is -0.496 e. The van der Waals surface area contributed by atoms with Crippen molar-refractivity contribution >= 4 is 17.9 Å². The van der Waals surface area contributed by atoms with Gasteiger partial charge in [0.2, 0.25) is 5.90 Å². The SMILES string of the molecule is COc1ccccc1C1=N/C(=C\c2ccco2)C(=O)O1. The number of cyclic esters (lactones) is 1. The summed E-state index contributed by atoms with van der Waals surface area (Å²) in [4.78, 5) is 16.0. The van der Waals surface area contributed by atoms with Crippen molar-refractivity contribution in [3.8, 4) is 5.75 Å². The number of benzene rings is 1. The van der Waals surface area contributed by atoms with Crippen LogP contribution in [0.4, 0.5) is 0 Å². The molecule has 100 valence electrons. The summed E-state index contributed by atoms with van der Waals surface area (Å²) in [6.45, 7) is 0. The summed E-state index contributed by atoms with van der Waals surface area (Å²) in [7, 11) is 1.55. The first kappa shape index (κ1) is 12.2. The molecule has 0 radical (unpaired) electrons. The number of carbonyl (C=O) groups is 1. The predicted octanol–water partition coefficient (Wildman–Crippen LogP) is 2.63. The van der Waals surface area contributed by atoms with E-state index in [9.17, 15) is 4.79 Å². The summed E-state index contributed by atoms with van der Waals surface area (Å²) in [5.41, 5.74) is 0.826. The standard InChI is InChI=1S/C15H11NO4/c1-18-13-7-3-2-6-11(13)14-16-12(15(17)20-14)9-10-5-4-8-19-10/h2-9H,1H3/b12-9-. The lowest BCUT2D eigenvalue weighted by molar-refractivity contribution is -0.129. The molecule has 0 amide bonds. The topological polar surface area (TPSA) is 61.0 Å². The monoisotopic (exact) mass is 269 g/mol. The molecule has 20 heavy (non-hydrogen) atoms. The first-order chi connectivity index (χ1) is 9.78. The number of nitrogens with zero attached hydrogens (tertiary/aromatic N) is 1. The molecule has 0 saturated heterocycles. The Kier molecular flexibility index (Phi) is 3.09. The van der Waals surface area contributed by atoms with Crippen LogP contribution in [-0.4, -0.2) is 19.0 Å². The minimum atomic E-state index is -0.512. The van der Waals surface area contributed by atoms with Crippen molar-refractivity contribution in [2.24, 2.45) is 4.99 Å². The number of hydrogen-bond donors (Lipinski definition) is 0. The van der Waals surface area contributed by atoms with Crippen LogP contribution < -0.4 is 4.74 Å². The van der Waals surface area contributed by atoms with Crippen molar-refractivity contribution in [2.75, 3.05) is 7.11 Å². The highest BCUT2D eigenvalue weighted by molar-refractivity contribution is 6.13. The first-order valence-electron chi connectivity index (χ1n) is 5.97. The van der Waals surface area contributed by atoms with Gasteiger partial charge in [0.15, 0.2) is 5.70 Å². The van der Waals surface area contributed by atoms with Crippen LogP contribution in [0.5, 0.6) is 5.75 Å². The molecule has 0 bridgehead atoms. The third-order valence-electron chi connectivity index (χ3n) is 2.78. The molecule has 0 spiro atoms. The van der Waals surface area contributed by atoms with Gasteiger partial charge in [0, 0.05) is 6.08 Å². The van der Waals surface area contributed by atoms with Gasteiger partial charge in [-0.15, -0.1) is 0 Å². The molecule has 2 aromatic rings. The maximum atomic E-state index is 11.8. The molecular weight excluding hydrogens is 258 g/mol. The van der Waals surface area contributed by atoms with E-state index in [0.29, 0.717) is 17.1 Å². The zero-order valence-electron chi connectivity index (χ0n) is 10.7. The molecule has 0 fully saturated rings. The van der Waals surface area contributed by atoms with Gasteiger partial charge in [-0.2, -0.15) is 0 Å². The third kappa shape index (κ3) is 2.21. The number of para-hydroxylation sites is 1. The largest absolute Gasteiger partial charge is 0.496 e. The zero-order chi connectivity index (χ0) is 13.9. The number of rotatable bonds is 3.